The van der Waals surface area contributed by atoms with Gasteiger partial charge < -0.3 is 0 Å². The van der Waals surface area contributed by atoms with Crippen molar-refractivity contribution in [3.63, 3.8) is 0 Å². The van der Waals surface area contributed by atoms with Gasteiger partial charge in [0, 0.05) is 22.3 Å². The number of aliphatic imine (C=N–C) groups is 4. The Balaban J connectivity index is 1.14. The van der Waals surface area contributed by atoms with Crippen molar-refractivity contribution in [3.05, 3.63) is 285 Å². The van der Waals surface area contributed by atoms with E-state index in [0.29, 0.717) is 0 Å². The summed E-state index contributed by atoms with van der Waals surface area (Å²) in [5.41, 5.74) is 20.0. The summed E-state index contributed by atoms with van der Waals surface area (Å²) in [4.78, 5) is 32.0. The molecule has 0 radical (unpaired) electrons. The van der Waals surface area contributed by atoms with Crippen LogP contribution in [0, 0.1) is 41.5 Å². The smallest absolute Gasteiger partial charge is 0.0966 e. The zero-order chi connectivity index (χ0) is 47.0. The SMILES string of the molecule is Cc1ccc(N=C(c2ccccc2)c2cccc(C(=Nc3cc(C)c(N=C(c4ccccc4)c4cccc(C(=Nc5ccc(C)cc5C)c5ccccc5)n4)cc3C)c3ccccc3)n2)c(C)c1. The van der Waals surface area contributed by atoms with Gasteiger partial charge in [0.05, 0.1) is 68.4 Å². The van der Waals surface area contributed by atoms with Crippen LogP contribution in [0.25, 0.3) is 0 Å². The van der Waals surface area contributed by atoms with E-state index in [1.54, 1.807) is 0 Å². The first-order valence-electron chi connectivity index (χ1n) is 22.9. The highest BCUT2D eigenvalue weighted by Gasteiger charge is 2.18. The quantitative estimate of drug-likeness (QED) is 0.115. The zero-order valence-electron chi connectivity index (χ0n) is 39.3. The van der Waals surface area contributed by atoms with Gasteiger partial charge in [-0.05, 0) is 112 Å². The largest absolute Gasteiger partial charge is 0.246 e. The molecule has 0 saturated carbocycles. The Bertz CT molecular complexity index is 3140. The molecule has 0 atom stereocenters. The standard InChI is InChI=1S/C62H52N6/c1-41-33-35-51(43(3)37-41)65-59(47-21-11-7-12-22-47)53-29-19-31-55(63-53)61(49-25-15-9-16-26-49)67-57-39-46(6)58(40-45(57)5)68-62(50-27-17-10-18-28-50)56-32-20-30-54(64-56)60(48-23-13-8-14-24-48)66-52-36-34-42(2)38-44(52)4/h7-40H,1-6H3. The Morgan fingerprint density at radius 1 is 0.265 bits per heavy atom. The van der Waals surface area contributed by atoms with E-state index < -0.39 is 0 Å². The van der Waals surface area contributed by atoms with Gasteiger partial charge in [0.15, 0.2) is 0 Å². The molecule has 9 aromatic rings. The van der Waals surface area contributed by atoms with Gasteiger partial charge in [0.1, 0.15) is 0 Å². The van der Waals surface area contributed by atoms with Gasteiger partial charge in [-0.3, -0.25) is 0 Å². The number of aryl methyl sites for hydroxylation is 6. The summed E-state index contributed by atoms with van der Waals surface area (Å²) in [6.45, 7) is 12.6. The minimum atomic E-state index is 0.741. The van der Waals surface area contributed by atoms with Crippen LogP contribution in [0.2, 0.25) is 0 Å². The van der Waals surface area contributed by atoms with E-state index in [1.807, 2.05) is 109 Å². The molecule has 6 heteroatoms. The molecule has 2 heterocycles. The molecule has 68 heavy (non-hydrogen) atoms. The van der Waals surface area contributed by atoms with E-state index in [-0.39, 0.29) is 0 Å². The van der Waals surface area contributed by atoms with Crippen LogP contribution in [-0.2, 0) is 0 Å². The molecule has 0 N–H and O–H groups in total. The maximum atomic E-state index is 5.42. The lowest BCUT2D eigenvalue weighted by atomic mass is 10.0. The molecule has 0 fully saturated rings. The van der Waals surface area contributed by atoms with Crippen LogP contribution < -0.4 is 0 Å². The monoisotopic (exact) mass is 880 g/mol. The molecule has 6 nitrogen and oxygen atoms in total. The van der Waals surface area contributed by atoms with E-state index in [0.717, 1.165) is 113 Å². The Hall–Kier alpha value is -8.48. The summed E-state index contributed by atoms with van der Waals surface area (Å²) >= 11 is 0. The van der Waals surface area contributed by atoms with Gasteiger partial charge in [-0.2, -0.15) is 0 Å². The molecule has 0 unspecified atom stereocenters. The maximum absolute atomic E-state index is 5.42. The maximum Gasteiger partial charge on any atom is 0.0966 e. The van der Waals surface area contributed by atoms with Crippen molar-refractivity contribution in [2.75, 3.05) is 0 Å². The predicted octanol–water partition coefficient (Wildman–Crippen LogP) is 15.0. The van der Waals surface area contributed by atoms with E-state index in [2.05, 4.69) is 139 Å². The molecule has 330 valence electrons. The molecule has 2 aromatic heterocycles. The molecular weight excluding hydrogens is 829 g/mol. The average Bonchev–Trinajstić information content (AvgIpc) is 3.36. The molecule has 9 rings (SSSR count). The van der Waals surface area contributed by atoms with Gasteiger partial charge in [0.25, 0.3) is 0 Å². The van der Waals surface area contributed by atoms with Crippen molar-refractivity contribution in [1.82, 2.24) is 9.97 Å². The van der Waals surface area contributed by atoms with Crippen LogP contribution >= 0.6 is 0 Å². The highest BCUT2D eigenvalue weighted by molar-refractivity contribution is 6.17. The highest BCUT2D eigenvalue weighted by atomic mass is 14.9. The Labute approximate surface area is 400 Å². The van der Waals surface area contributed by atoms with Gasteiger partial charge in [-0.15, -0.1) is 0 Å². The lowest BCUT2D eigenvalue weighted by Crippen LogP contribution is -2.12. The van der Waals surface area contributed by atoms with Crippen molar-refractivity contribution in [3.8, 4) is 0 Å². The summed E-state index contributed by atoms with van der Waals surface area (Å²) < 4.78 is 0. The molecule has 0 aliphatic rings. The van der Waals surface area contributed by atoms with Crippen molar-refractivity contribution < 1.29 is 0 Å². The van der Waals surface area contributed by atoms with E-state index in [4.69, 9.17) is 29.9 Å². The van der Waals surface area contributed by atoms with Gasteiger partial charge in [0.2, 0.25) is 0 Å². The average molecular weight is 881 g/mol. The summed E-state index contributed by atoms with van der Waals surface area (Å²) in [6, 6.07) is 70.1. The summed E-state index contributed by atoms with van der Waals surface area (Å²) in [7, 11) is 0. The van der Waals surface area contributed by atoms with Gasteiger partial charge in [-0.25, -0.2) is 29.9 Å². The first-order chi connectivity index (χ1) is 33.2. The third-order valence-corrected chi connectivity index (χ3v) is 11.8. The third kappa shape index (κ3) is 10.3. The summed E-state index contributed by atoms with van der Waals surface area (Å²) in [5, 5.41) is 0. The summed E-state index contributed by atoms with van der Waals surface area (Å²) in [5.74, 6) is 0. The van der Waals surface area contributed by atoms with E-state index >= 15 is 0 Å². The lowest BCUT2D eigenvalue weighted by molar-refractivity contribution is 1.23. The molecule has 0 aliphatic carbocycles. The molecule has 7 aromatic carbocycles. The Morgan fingerprint density at radius 2 is 0.529 bits per heavy atom. The number of hydrogen-bond acceptors (Lipinski definition) is 6. The molecular formula is C62H52N6. The predicted molar refractivity (Wildman–Crippen MR) is 283 cm³/mol. The number of aromatic nitrogens is 2. The van der Waals surface area contributed by atoms with Crippen LogP contribution in [0.15, 0.2) is 226 Å². The molecule has 0 saturated heterocycles. The fraction of sp³-hybridized carbons (Fsp3) is 0.0968. The fourth-order valence-electron chi connectivity index (χ4n) is 8.23. The van der Waals surface area contributed by atoms with Crippen molar-refractivity contribution in [2.45, 2.75) is 41.5 Å². The number of hydrogen-bond donors (Lipinski definition) is 0. The van der Waals surface area contributed by atoms with Gasteiger partial charge in [-0.1, -0.05) is 169 Å². The van der Waals surface area contributed by atoms with Crippen LogP contribution in [0.1, 0.15) is 78.4 Å². The lowest BCUT2D eigenvalue weighted by Gasteiger charge is -2.14. The number of benzene rings is 7. The molecule has 0 spiro atoms. The normalized spacial score (nSPS) is 12.3. The Kier molecular flexibility index (Phi) is 13.4. The molecule has 0 bridgehead atoms. The minimum absolute atomic E-state index is 0.741. The molecule has 0 aliphatic heterocycles. The van der Waals surface area contributed by atoms with E-state index in [9.17, 15) is 0 Å². The van der Waals surface area contributed by atoms with Crippen LogP contribution in [0.3, 0.4) is 0 Å². The highest BCUT2D eigenvalue weighted by Crippen LogP contribution is 2.32. The first-order valence-corrected chi connectivity index (χ1v) is 22.9. The second kappa shape index (κ2) is 20.4. The molecule has 0 amide bonds. The van der Waals surface area contributed by atoms with Crippen molar-refractivity contribution in [1.29, 1.82) is 0 Å². The van der Waals surface area contributed by atoms with Crippen LogP contribution in [0.4, 0.5) is 22.7 Å². The number of nitrogens with zero attached hydrogens (tertiary/aromatic N) is 6. The second-order valence-corrected chi connectivity index (χ2v) is 17.1. The van der Waals surface area contributed by atoms with E-state index in [1.165, 1.54) is 11.1 Å². The van der Waals surface area contributed by atoms with Crippen molar-refractivity contribution >= 4 is 45.6 Å². The first kappa shape index (κ1) is 44.7. The van der Waals surface area contributed by atoms with Crippen LogP contribution in [0.5, 0.6) is 0 Å². The van der Waals surface area contributed by atoms with Crippen LogP contribution in [-0.4, -0.2) is 32.8 Å². The number of pyridine rings is 2. The summed E-state index contributed by atoms with van der Waals surface area (Å²) in [6.07, 6.45) is 0. The topological polar surface area (TPSA) is 75.2 Å². The number of rotatable bonds is 12. The van der Waals surface area contributed by atoms with Crippen molar-refractivity contribution in [2.24, 2.45) is 20.0 Å². The minimum Gasteiger partial charge on any atom is -0.246 e. The third-order valence-electron chi connectivity index (χ3n) is 11.8. The fourth-order valence-corrected chi connectivity index (χ4v) is 8.23. The van der Waals surface area contributed by atoms with Gasteiger partial charge >= 0.3 is 0 Å². The second-order valence-electron chi connectivity index (χ2n) is 17.1. The zero-order valence-corrected chi connectivity index (χ0v) is 39.3. The Morgan fingerprint density at radius 3 is 0.809 bits per heavy atom.